The van der Waals surface area contributed by atoms with Crippen molar-refractivity contribution in [1.29, 1.82) is 0 Å². The topological polar surface area (TPSA) is 35.5 Å². The lowest BCUT2D eigenvalue weighted by atomic mass is 9.95. The Morgan fingerprint density at radius 3 is 2.75 bits per heavy atom. The molecule has 24 heavy (non-hydrogen) atoms. The number of ether oxygens (including phenoxy) is 2. The van der Waals surface area contributed by atoms with E-state index in [9.17, 15) is 4.79 Å². The number of halogens is 1. The highest BCUT2D eigenvalue weighted by Crippen LogP contribution is 2.31. The highest BCUT2D eigenvalue weighted by Gasteiger charge is 2.19. The van der Waals surface area contributed by atoms with Crippen molar-refractivity contribution >= 4 is 25.4 Å². The number of aryl methyl sites for hydroxylation is 1. The van der Waals surface area contributed by atoms with Crippen LogP contribution in [0.15, 0.2) is 42.5 Å². The monoisotopic (exact) mass is 344 g/mol. The van der Waals surface area contributed by atoms with Crippen molar-refractivity contribution in [2.24, 2.45) is 0 Å². The SMILES string of the molecule is BCCOC(c1cccc(C(=O)OCC)c1)c1cc(Cl)ccc1C. The fourth-order valence-corrected chi connectivity index (χ4v) is 2.72. The zero-order chi connectivity index (χ0) is 17.5. The summed E-state index contributed by atoms with van der Waals surface area (Å²) in [5, 5.41) is 0.669. The average Bonchev–Trinajstić information content (AvgIpc) is 2.58. The second kappa shape index (κ2) is 8.90. The summed E-state index contributed by atoms with van der Waals surface area (Å²) in [4.78, 5) is 12.0. The van der Waals surface area contributed by atoms with Crippen molar-refractivity contribution in [3.63, 3.8) is 0 Å². The lowest BCUT2D eigenvalue weighted by molar-refractivity contribution is 0.0525. The molecule has 0 aromatic heterocycles. The fourth-order valence-electron chi connectivity index (χ4n) is 2.54. The van der Waals surface area contributed by atoms with Crippen molar-refractivity contribution in [2.45, 2.75) is 26.3 Å². The van der Waals surface area contributed by atoms with Gasteiger partial charge in [-0.15, -0.1) is 0 Å². The molecule has 0 saturated carbocycles. The highest BCUT2D eigenvalue weighted by atomic mass is 35.5. The number of esters is 1. The molecular weight excluding hydrogens is 322 g/mol. The first kappa shape index (κ1) is 18.6. The Kier molecular flexibility index (Phi) is 6.89. The molecule has 0 aliphatic heterocycles. The lowest BCUT2D eigenvalue weighted by Gasteiger charge is -2.21. The molecule has 0 bridgehead atoms. The third-order valence-corrected chi connectivity index (χ3v) is 3.95. The summed E-state index contributed by atoms with van der Waals surface area (Å²) in [6.45, 7) is 4.81. The number of rotatable bonds is 7. The van der Waals surface area contributed by atoms with Crippen molar-refractivity contribution < 1.29 is 14.3 Å². The van der Waals surface area contributed by atoms with E-state index >= 15 is 0 Å². The second-order valence-electron chi connectivity index (χ2n) is 5.60. The third-order valence-electron chi connectivity index (χ3n) is 3.71. The zero-order valence-corrected chi connectivity index (χ0v) is 15.1. The molecule has 0 N–H and O–H groups in total. The van der Waals surface area contributed by atoms with Crippen LogP contribution >= 0.6 is 11.6 Å². The molecule has 2 rings (SSSR count). The van der Waals surface area contributed by atoms with Crippen LogP contribution in [0.2, 0.25) is 11.3 Å². The van der Waals surface area contributed by atoms with Gasteiger partial charge in [-0.05, 0) is 54.8 Å². The van der Waals surface area contributed by atoms with E-state index in [4.69, 9.17) is 21.1 Å². The highest BCUT2D eigenvalue weighted by molar-refractivity contribution is 6.30. The Bertz CT molecular complexity index is 703. The summed E-state index contributed by atoms with van der Waals surface area (Å²) in [6, 6.07) is 13.2. The van der Waals surface area contributed by atoms with Crippen LogP contribution in [-0.4, -0.2) is 27.0 Å². The van der Waals surface area contributed by atoms with Crippen LogP contribution < -0.4 is 0 Å². The van der Waals surface area contributed by atoms with Gasteiger partial charge in [0.1, 0.15) is 14.0 Å². The standard InChI is InChI=1S/C19H22BClO3/c1-3-23-19(22)15-6-4-5-14(11-15)18(24-10-9-20)17-12-16(21)8-7-13(17)2/h4-8,11-12,18H,3,9-10,20H2,1-2H3. The van der Waals surface area contributed by atoms with Gasteiger partial charge in [-0.1, -0.05) is 36.1 Å². The Morgan fingerprint density at radius 1 is 1.25 bits per heavy atom. The van der Waals surface area contributed by atoms with Crippen molar-refractivity contribution in [1.82, 2.24) is 0 Å². The summed E-state index contributed by atoms with van der Waals surface area (Å²) in [5.74, 6) is -0.323. The third kappa shape index (κ3) is 4.62. The van der Waals surface area contributed by atoms with E-state index in [1.807, 2.05) is 43.3 Å². The summed E-state index contributed by atoms with van der Waals surface area (Å²) in [6.07, 6.45) is 0.645. The van der Waals surface area contributed by atoms with E-state index in [1.54, 1.807) is 13.0 Å². The second-order valence-corrected chi connectivity index (χ2v) is 6.03. The van der Waals surface area contributed by atoms with Crippen LogP contribution in [0.3, 0.4) is 0 Å². The van der Waals surface area contributed by atoms with Gasteiger partial charge in [0.15, 0.2) is 0 Å². The Morgan fingerprint density at radius 2 is 2.04 bits per heavy atom. The molecule has 0 spiro atoms. The maximum atomic E-state index is 12.0. The first-order valence-electron chi connectivity index (χ1n) is 8.21. The molecule has 1 atom stereocenters. The normalized spacial score (nSPS) is 12.0. The van der Waals surface area contributed by atoms with Gasteiger partial charge in [-0.3, -0.25) is 0 Å². The van der Waals surface area contributed by atoms with Gasteiger partial charge in [-0.2, -0.15) is 0 Å². The van der Waals surface area contributed by atoms with E-state index in [1.165, 1.54) is 0 Å². The minimum Gasteiger partial charge on any atom is -0.462 e. The molecule has 3 nitrogen and oxygen atoms in total. The molecule has 2 aromatic carbocycles. The smallest absolute Gasteiger partial charge is 0.338 e. The summed E-state index contributed by atoms with van der Waals surface area (Å²) in [5.41, 5.74) is 3.55. The summed E-state index contributed by atoms with van der Waals surface area (Å²) >= 11 is 6.18. The molecule has 2 aromatic rings. The minimum atomic E-state index is -0.323. The van der Waals surface area contributed by atoms with Crippen molar-refractivity contribution in [3.05, 3.63) is 69.7 Å². The largest absolute Gasteiger partial charge is 0.462 e. The first-order chi connectivity index (χ1) is 11.6. The van der Waals surface area contributed by atoms with Crippen LogP contribution in [0, 0.1) is 6.92 Å². The van der Waals surface area contributed by atoms with E-state index in [-0.39, 0.29) is 12.1 Å². The van der Waals surface area contributed by atoms with E-state index in [2.05, 4.69) is 7.85 Å². The van der Waals surface area contributed by atoms with Gasteiger partial charge < -0.3 is 9.47 Å². The molecule has 0 aliphatic carbocycles. The van der Waals surface area contributed by atoms with Crippen LogP contribution in [-0.2, 0) is 9.47 Å². The molecule has 0 radical (unpaired) electrons. The molecule has 0 amide bonds. The average molecular weight is 345 g/mol. The predicted octanol–water partition coefficient (Wildman–Crippen LogP) is 3.98. The number of benzene rings is 2. The van der Waals surface area contributed by atoms with Gasteiger partial charge in [-0.25, -0.2) is 4.79 Å². The lowest BCUT2D eigenvalue weighted by Crippen LogP contribution is -2.11. The number of hydrogen-bond donors (Lipinski definition) is 0. The summed E-state index contributed by atoms with van der Waals surface area (Å²) < 4.78 is 11.2. The van der Waals surface area contributed by atoms with Gasteiger partial charge in [0, 0.05) is 11.6 Å². The van der Waals surface area contributed by atoms with Gasteiger partial charge >= 0.3 is 5.97 Å². The molecule has 1 unspecified atom stereocenters. The zero-order valence-electron chi connectivity index (χ0n) is 14.3. The summed E-state index contributed by atoms with van der Waals surface area (Å²) in [7, 11) is 2.07. The van der Waals surface area contributed by atoms with Gasteiger partial charge in [0.25, 0.3) is 0 Å². The number of carbonyl (C=O) groups excluding carboxylic acids is 1. The van der Waals surface area contributed by atoms with Gasteiger partial charge in [0.05, 0.1) is 12.2 Å². The quantitative estimate of drug-likeness (QED) is 0.563. The number of carbonyl (C=O) groups is 1. The van der Waals surface area contributed by atoms with Crippen LogP contribution in [0.1, 0.15) is 40.1 Å². The molecule has 0 aliphatic rings. The van der Waals surface area contributed by atoms with Gasteiger partial charge in [0.2, 0.25) is 0 Å². The number of hydrogen-bond acceptors (Lipinski definition) is 3. The predicted molar refractivity (Wildman–Crippen MR) is 99.7 cm³/mol. The molecular formula is C19H22BClO3. The van der Waals surface area contributed by atoms with Crippen molar-refractivity contribution in [3.8, 4) is 0 Å². The van der Waals surface area contributed by atoms with Crippen LogP contribution in [0.4, 0.5) is 0 Å². The Balaban J connectivity index is 2.43. The van der Waals surface area contributed by atoms with E-state index in [0.717, 1.165) is 23.0 Å². The first-order valence-corrected chi connectivity index (χ1v) is 8.59. The van der Waals surface area contributed by atoms with Crippen molar-refractivity contribution in [2.75, 3.05) is 13.2 Å². The van der Waals surface area contributed by atoms with E-state index < -0.39 is 0 Å². The fraction of sp³-hybridized carbons (Fsp3) is 0.316. The van der Waals surface area contributed by atoms with E-state index in [0.29, 0.717) is 23.8 Å². The molecule has 126 valence electrons. The minimum absolute atomic E-state index is 0.266. The molecule has 0 heterocycles. The maximum Gasteiger partial charge on any atom is 0.338 e. The van der Waals surface area contributed by atoms with Crippen LogP contribution in [0.25, 0.3) is 0 Å². The van der Waals surface area contributed by atoms with Crippen LogP contribution in [0.5, 0.6) is 0 Å². The Labute approximate surface area is 149 Å². The Hall–Kier alpha value is -1.78. The maximum absolute atomic E-state index is 12.0. The molecule has 0 fully saturated rings. The molecule has 0 saturated heterocycles. The molecule has 5 heteroatoms.